The Kier molecular flexibility index (Phi) is 10.1. The summed E-state index contributed by atoms with van der Waals surface area (Å²) in [4.78, 5) is 12.6. The third kappa shape index (κ3) is 7.01. The summed E-state index contributed by atoms with van der Waals surface area (Å²) in [6.45, 7) is 11.9. The maximum atomic E-state index is 12.6. The van der Waals surface area contributed by atoms with Crippen molar-refractivity contribution in [2.24, 2.45) is 0 Å². The highest BCUT2D eigenvalue weighted by Crippen LogP contribution is 2.31. The lowest BCUT2D eigenvalue weighted by Gasteiger charge is -2.18. The number of aromatic nitrogens is 2. The highest BCUT2D eigenvalue weighted by molar-refractivity contribution is 5.76. The van der Waals surface area contributed by atoms with Gasteiger partial charge in [0, 0.05) is 12.1 Å². The first kappa shape index (κ1) is 25.3. The van der Waals surface area contributed by atoms with Gasteiger partial charge in [0.25, 0.3) is 0 Å². The number of benzene rings is 1. The third-order valence-electron chi connectivity index (χ3n) is 5.34. The molecule has 0 aliphatic heterocycles. The second-order valence-electron chi connectivity index (χ2n) is 7.97. The number of rotatable bonds is 13. The molecule has 1 amide bonds. The number of carbonyl (C=O) groups excluding carboxylic acids is 1. The molecule has 7 nitrogen and oxygen atoms in total. The molecule has 1 atom stereocenters. The zero-order chi connectivity index (χ0) is 23.5. The Hall–Kier alpha value is -3.01. The van der Waals surface area contributed by atoms with Gasteiger partial charge in [-0.05, 0) is 63.3 Å². The smallest absolute Gasteiger partial charge is 0.220 e. The van der Waals surface area contributed by atoms with Crippen LogP contribution in [0.4, 0.5) is 0 Å². The SMILES string of the molecule is CCCOc1ccc(C(C)NC(=O)CCc2c(C)nn(CCC#N)c2C)cc1OCCC. The number of hydrogen-bond donors (Lipinski definition) is 1. The predicted molar refractivity (Wildman–Crippen MR) is 125 cm³/mol. The molecule has 0 aliphatic rings. The maximum absolute atomic E-state index is 12.6. The number of hydrogen-bond acceptors (Lipinski definition) is 5. The minimum atomic E-state index is -0.146. The molecule has 0 aliphatic carbocycles. The van der Waals surface area contributed by atoms with Crippen LogP contribution in [0, 0.1) is 25.2 Å². The highest BCUT2D eigenvalue weighted by atomic mass is 16.5. The molecule has 174 valence electrons. The number of carbonyl (C=O) groups is 1. The molecule has 32 heavy (non-hydrogen) atoms. The lowest BCUT2D eigenvalue weighted by molar-refractivity contribution is -0.121. The third-order valence-corrected chi connectivity index (χ3v) is 5.34. The Morgan fingerprint density at radius 1 is 1.19 bits per heavy atom. The monoisotopic (exact) mass is 440 g/mol. The number of amides is 1. The number of nitrogens with one attached hydrogen (secondary N) is 1. The summed E-state index contributed by atoms with van der Waals surface area (Å²) < 4.78 is 13.5. The van der Waals surface area contributed by atoms with Gasteiger partial charge in [0.05, 0.1) is 44.0 Å². The summed E-state index contributed by atoms with van der Waals surface area (Å²) in [5.41, 5.74) is 4.00. The van der Waals surface area contributed by atoms with Crippen LogP contribution in [-0.4, -0.2) is 28.9 Å². The molecule has 0 fully saturated rings. The van der Waals surface area contributed by atoms with Crippen LogP contribution in [-0.2, 0) is 17.8 Å². The van der Waals surface area contributed by atoms with E-state index >= 15 is 0 Å². The highest BCUT2D eigenvalue weighted by Gasteiger charge is 2.16. The predicted octanol–water partition coefficient (Wildman–Crippen LogP) is 4.80. The van der Waals surface area contributed by atoms with Crippen LogP contribution >= 0.6 is 0 Å². The summed E-state index contributed by atoms with van der Waals surface area (Å²) in [7, 11) is 0. The zero-order valence-electron chi connectivity index (χ0n) is 20.0. The minimum absolute atomic E-state index is 0.0107. The van der Waals surface area contributed by atoms with Crippen LogP contribution in [0.5, 0.6) is 11.5 Å². The van der Waals surface area contributed by atoms with E-state index in [1.54, 1.807) is 0 Å². The number of nitrogens with zero attached hydrogens (tertiary/aromatic N) is 3. The van der Waals surface area contributed by atoms with Crippen molar-refractivity contribution in [3.8, 4) is 17.6 Å². The topological polar surface area (TPSA) is 89.2 Å². The molecule has 2 rings (SSSR count). The van der Waals surface area contributed by atoms with Crippen LogP contribution in [0.1, 0.15) is 75.0 Å². The summed E-state index contributed by atoms with van der Waals surface area (Å²) in [6.07, 6.45) is 3.27. The molecule has 0 saturated heterocycles. The largest absolute Gasteiger partial charge is 0.490 e. The first-order valence-corrected chi connectivity index (χ1v) is 11.5. The van der Waals surface area contributed by atoms with Gasteiger partial charge in [0.15, 0.2) is 11.5 Å². The first-order valence-electron chi connectivity index (χ1n) is 11.5. The quantitative estimate of drug-likeness (QED) is 0.483. The minimum Gasteiger partial charge on any atom is -0.490 e. The molecule has 2 aromatic rings. The summed E-state index contributed by atoms with van der Waals surface area (Å²) in [6, 6.07) is 7.85. The van der Waals surface area contributed by atoms with Gasteiger partial charge in [-0.3, -0.25) is 9.48 Å². The second kappa shape index (κ2) is 12.7. The summed E-state index contributed by atoms with van der Waals surface area (Å²) in [5.74, 6) is 1.44. The Morgan fingerprint density at radius 2 is 1.88 bits per heavy atom. The van der Waals surface area contributed by atoms with E-state index in [0.29, 0.717) is 39.0 Å². The summed E-state index contributed by atoms with van der Waals surface area (Å²) >= 11 is 0. The second-order valence-corrected chi connectivity index (χ2v) is 7.97. The molecule has 1 N–H and O–H groups in total. The van der Waals surface area contributed by atoms with Gasteiger partial charge in [-0.2, -0.15) is 10.4 Å². The molecular weight excluding hydrogens is 404 g/mol. The number of aryl methyl sites for hydroxylation is 2. The van der Waals surface area contributed by atoms with Gasteiger partial charge < -0.3 is 14.8 Å². The molecule has 0 bridgehead atoms. The Bertz CT molecular complexity index is 930. The van der Waals surface area contributed by atoms with E-state index in [9.17, 15) is 4.79 Å². The van der Waals surface area contributed by atoms with Crippen LogP contribution in [0.2, 0.25) is 0 Å². The maximum Gasteiger partial charge on any atom is 0.220 e. The molecule has 0 radical (unpaired) electrons. The lowest BCUT2D eigenvalue weighted by Crippen LogP contribution is -2.27. The van der Waals surface area contributed by atoms with E-state index in [2.05, 4.69) is 30.3 Å². The van der Waals surface area contributed by atoms with Crippen LogP contribution in [0.25, 0.3) is 0 Å². The van der Waals surface area contributed by atoms with E-state index < -0.39 is 0 Å². The normalized spacial score (nSPS) is 11.6. The van der Waals surface area contributed by atoms with Crippen LogP contribution < -0.4 is 14.8 Å². The fraction of sp³-hybridized carbons (Fsp3) is 0.560. The van der Waals surface area contributed by atoms with Crippen molar-refractivity contribution in [1.82, 2.24) is 15.1 Å². The van der Waals surface area contributed by atoms with Gasteiger partial charge >= 0.3 is 0 Å². The van der Waals surface area contributed by atoms with Crippen molar-refractivity contribution in [3.05, 3.63) is 40.7 Å². The number of ether oxygens (including phenoxy) is 2. The van der Waals surface area contributed by atoms with Crippen LogP contribution in [0.15, 0.2) is 18.2 Å². The average molecular weight is 441 g/mol. The van der Waals surface area contributed by atoms with Crippen LogP contribution in [0.3, 0.4) is 0 Å². The lowest BCUT2D eigenvalue weighted by atomic mass is 10.1. The molecule has 7 heteroatoms. The summed E-state index contributed by atoms with van der Waals surface area (Å²) in [5, 5.41) is 16.4. The Morgan fingerprint density at radius 3 is 2.53 bits per heavy atom. The van der Waals surface area contributed by atoms with E-state index in [1.807, 2.05) is 43.7 Å². The molecule has 0 saturated carbocycles. The fourth-order valence-electron chi connectivity index (χ4n) is 3.56. The molecule has 0 spiro atoms. The van der Waals surface area contributed by atoms with E-state index in [1.165, 1.54) is 0 Å². The van der Waals surface area contributed by atoms with E-state index in [0.717, 1.165) is 46.9 Å². The van der Waals surface area contributed by atoms with E-state index in [4.69, 9.17) is 14.7 Å². The van der Waals surface area contributed by atoms with Gasteiger partial charge in [0.2, 0.25) is 5.91 Å². The first-order chi connectivity index (χ1) is 15.4. The van der Waals surface area contributed by atoms with Gasteiger partial charge in [-0.15, -0.1) is 0 Å². The number of nitriles is 1. The molecule has 1 unspecified atom stereocenters. The molecule has 1 aromatic heterocycles. The van der Waals surface area contributed by atoms with Crippen molar-refractivity contribution in [2.45, 2.75) is 79.3 Å². The zero-order valence-corrected chi connectivity index (χ0v) is 20.0. The molecule has 1 aromatic carbocycles. The van der Waals surface area contributed by atoms with Crippen molar-refractivity contribution < 1.29 is 14.3 Å². The van der Waals surface area contributed by atoms with Gasteiger partial charge in [-0.25, -0.2) is 0 Å². The van der Waals surface area contributed by atoms with Gasteiger partial charge in [-0.1, -0.05) is 19.9 Å². The van der Waals surface area contributed by atoms with Crippen molar-refractivity contribution >= 4 is 5.91 Å². The fourth-order valence-corrected chi connectivity index (χ4v) is 3.56. The standard InChI is InChI=1S/C25H36N4O3/c1-6-15-31-23-11-9-21(17-24(23)32-16-7-2)18(3)27-25(30)12-10-22-19(4)28-29(20(22)5)14-8-13-26/h9,11,17-18H,6-8,10,12,14-16H2,1-5H3,(H,27,30). The van der Waals surface area contributed by atoms with Gasteiger partial charge in [0.1, 0.15) is 0 Å². The Labute approximate surface area is 191 Å². The van der Waals surface area contributed by atoms with Crippen molar-refractivity contribution in [2.75, 3.05) is 13.2 Å². The Balaban J connectivity index is 2.00. The molecule has 1 heterocycles. The van der Waals surface area contributed by atoms with Crippen molar-refractivity contribution in [1.29, 1.82) is 5.26 Å². The average Bonchev–Trinajstić information content (AvgIpc) is 3.05. The molecular formula is C25H36N4O3. The van der Waals surface area contributed by atoms with E-state index in [-0.39, 0.29) is 11.9 Å². The van der Waals surface area contributed by atoms with Crippen molar-refractivity contribution in [3.63, 3.8) is 0 Å².